The number of hydrogen-bond acceptors (Lipinski definition) is 4. The first kappa shape index (κ1) is 21.2. The molecule has 2 aromatic rings. The molecule has 0 unspecified atom stereocenters. The second-order valence-electron chi connectivity index (χ2n) is 8.18. The van der Waals surface area contributed by atoms with Gasteiger partial charge in [-0.3, -0.25) is 15.1 Å². The van der Waals surface area contributed by atoms with E-state index in [0.717, 1.165) is 16.7 Å². The van der Waals surface area contributed by atoms with Gasteiger partial charge in [0.2, 0.25) is 0 Å². The van der Waals surface area contributed by atoms with Crippen LogP contribution in [0.3, 0.4) is 0 Å². The van der Waals surface area contributed by atoms with E-state index in [1.165, 1.54) is 17.9 Å². The molecule has 2 heterocycles. The fourth-order valence-corrected chi connectivity index (χ4v) is 4.39. The molecule has 1 amide bonds. The molecule has 0 aliphatic carbocycles. The van der Waals surface area contributed by atoms with Crippen molar-refractivity contribution < 1.29 is 27.9 Å². The summed E-state index contributed by atoms with van der Waals surface area (Å²) in [6.45, 7) is 6.85. The van der Waals surface area contributed by atoms with Gasteiger partial charge in [0.15, 0.2) is 0 Å². The maximum absolute atomic E-state index is 13.7. The quantitative estimate of drug-likeness (QED) is 0.676. The summed E-state index contributed by atoms with van der Waals surface area (Å²) >= 11 is 0. The third-order valence-electron chi connectivity index (χ3n) is 5.78. The first-order chi connectivity index (χ1) is 14.5. The Kier molecular flexibility index (Phi) is 4.81. The smallest absolute Gasteiger partial charge is 0.416 e. The SMILES string of the molecule is CCN(O)C1=C(N2Cc3ccccc3C2=O)c2c(ccc(C(F)(F)F)c2C)OC1(C)C. The zero-order valence-electron chi connectivity index (χ0n) is 17.7. The van der Waals surface area contributed by atoms with Crippen molar-refractivity contribution in [2.75, 3.05) is 6.54 Å². The van der Waals surface area contributed by atoms with Crippen LogP contribution in [0.4, 0.5) is 13.2 Å². The summed E-state index contributed by atoms with van der Waals surface area (Å²) in [5.41, 5.74) is -0.0438. The lowest BCUT2D eigenvalue weighted by molar-refractivity contribution is -0.138. The molecule has 0 spiro atoms. The number of rotatable bonds is 3. The highest BCUT2D eigenvalue weighted by Gasteiger charge is 2.45. The van der Waals surface area contributed by atoms with Crippen molar-refractivity contribution in [3.05, 3.63) is 69.9 Å². The van der Waals surface area contributed by atoms with E-state index in [1.54, 1.807) is 32.9 Å². The van der Waals surface area contributed by atoms with Crippen molar-refractivity contribution in [2.45, 2.75) is 46.0 Å². The normalized spacial score (nSPS) is 17.4. The molecule has 0 saturated carbocycles. The highest BCUT2D eigenvalue weighted by atomic mass is 19.4. The number of halogens is 3. The lowest BCUT2D eigenvalue weighted by Crippen LogP contribution is -2.45. The highest BCUT2D eigenvalue weighted by molar-refractivity contribution is 6.04. The molecular weight excluding hydrogens is 409 g/mol. The summed E-state index contributed by atoms with van der Waals surface area (Å²) < 4.78 is 47.1. The van der Waals surface area contributed by atoms with E-state index in [9.17, 15) is 23.2 Å². The number of likely N-dealkylation sites (N-methyl/N-ethyl adjacent to an activating group) is 1. The summed E-state index contributed by atoms with van der Waals surface area (Å²) in [6.07, 6.45) is -4.57. The van der Waals surface area contributed by atoms with Gasteiger partial charge in [-0.05, 0) is 57.0 Å². The minimum absolute atomic E-state index is 0.0544. The summed E-state index contributed by atoms with van der Waals surface area (Å²) in [5, 5.41) is 11.7. The zero-order chi connectivity index (χ0) is 22.7. The summed E-state index contributed by atoms with van der Waals surface area (Å²) in [7, 11) is 0. The van der Waals surface area contributed by atoms with E-state index in [0.29, 0.717) is 5.56 Å². The topological polar surface area (TPSA) is 53.0 Å². The molecule has 1 N–H and O–H groups in total. The van der Waals surface area contributed by atoms with Crippen LogP contribution in [0, 0.1) is 6.92 Å². The van der Waals surface area contributed by atoms with Gasteiger partial charge in [0.05, 0.1) is 17.8 Å². The molecule has 0 bridgehead atoms. The number of hydroxylamine groups is 2. The Labute approximate surface area is 178 Å². The molecule has 0 fully saturated rings. The van der Waals surface area contributed by atoms with E-state index >= 15 is 0 Å². The van der Waals surface area contributed by atoms with E-state index < -0.39 is 17.3 Å². The summed E-state index contributed by atoms with van der Waals surface area (Å²) in [5.74, 6) is -0.0874. The van der Waals surface area contributed by atoms with Crippen molar-refractivity contribution in [1.29, 1.82) is 0 Å². The third-order valence-corrected chi connectivity index (χ3v) is 5.78. The number of ether oxygens (including phenoxy) is 1. The van der Waals surface area contributed by atoms with Crippen LogP contribution in [0.15, 0.2) is 42.1 Å². The van der Waals surface area contributed by atoms with Crippen molar-refractivity contribution in [3.63, 3.8) is 0 Å². The summed E-state index contributed by atoms with van der Waals surface area (Å²) in [4.78, 5) is 14.7. The maximum Gasteiger partial charge on any atom is 0.416 e. The largest absolute Gasteiger partial charge is 0.481 e. The van der Waals surface area contributed by atoms with Crippen LogP contribution in [0.25, 0.3) is 5.70 Å². The average Bonchev–Trinajstić information content (AvgIpc) is 3.01. The van der Waals surface area contributed by atoms with Crippen LogP contribution in [0.5, 0.6) is 5.75 Å². The number of amides is 1. The van der Waals surface area contributed by atoms with Crippen molar-refractivity contribution in [2.24, 2.45) is 0 Å². The number of carbonyl (C=O) groups excluding carboxylic acids is 1. The Bertz CT molecular complexity index is 1110. The molecule has 8 heteroatoms. The second-order valence-corrected chi connectivity index (χ2v) is 8.18. The second kappa shape index (κ2) is 7.02. The van der Waals surface area contributed by atoms with E-state index in [-0.39, 0.29) is 47.3 Å². The Hall–Kier alpha value is -3.00. The molecule has 31 heavy (non-hydrogen) atoms. The van der Waals surface area contributed by atoms with E-state index in [2.05, 4.69) is 0 Å². The van der Waals surface area contributed by atoms with Gasteiger partial charge in [-0.1, -0.05) is 18.2 Å². The monoisotopic (exact) mass is 432 g/mol. The van der Waals surface area contributed by atoms with Gasteiger partial charge in [0.1, 0.15) is 17.0 Å². The van der Waals surface area contributed by atoms with Gasteiger partial charge >= 0.3 is 6.18 Å². The molecule has 5 nitrogen and oxygen atoms in total. The number of hydrogen-bond donors (Lipinski definition) is 1. The molecule has 2 aromatic carbocycles. The Morgan fingerprint density at radius 1 is 1.19 bits per heavy atom. The van der Waals surface area contributed by atoms with Gasteiger partial charge in [0.25, 0.3) is 5.91 Å². The van der Waals surface area contributed by atoms with Crippen LogP contribution in [-0.2, 0) is 12.7 Å². The fourth-order valence-electron chi connectivity index (χ4n) is 4.39. The molecule has 2 aliphatic rings. The predicted molar refractivity (Wildman–Crippen MR) is 108 cm³/mol. The Morgan fingerprint density at radius 2 is 1.87 bits per heavy atom. The van der Waals surface area contributed by atoms with Crippen molar-refractivity contribution in [3.8, 4) is 5.75 Å². The van der Waals surface area contributed by atoms with Gasteiger partial charge in [-0.15, -0.1) is 0 Å². The van der Waals surface area contributed by atoms with E-state index in [1.807, 2.05) is 12.1 Å². The van der Waals surface area contributed by atoms with Crippen LogP contribution in [0.1, 0.15) is 53.4 Å². The van der Waals surface area contributed by atoms with Gasteiger partial charge < -0.3 is 9.64 Å². The van der Waals surface area contributed by atoms with Crippen molar-refractivity contribution >= 4 is 11.6 Å². The van der Waals surface area contributed by atoms with Gasteiger partial charge in [-0.2, -0.15) is 13.2 Å². The fraction of sp³-hybridized carbons (Fsp3) is 0.348. The Balaban J connectivity index is 2.03. The predicted octanol–water partition coefficient (Wildman–Crippen LogP) is 5.22. The number of benzene rings is 2. The van der Waals surface area contributed by atoms with Gasteiger partial charge in [-0.25, -0.2) is 0 Å². The first-order valence-corrected chi connectivity index (χ1v) is 9.98. The molecular formula is C23H23F3N2O3. The molecule has 0 radical (unpaired) electrons. The minimum Gasteiger partial charge on any atom is -0.481 e. The summed E-state index contributed by atoms with van der Waals surface area (Å²) in [6, 6.07) is 9.33. The lowest BCUT2D eigenvalue weighted by Gasteiger charge is -2.42. The zero-order valence-corrected chi connectivity index (χ0v) is 17.7. The average molecular weight is 432 g/mol. The molecule has 4 rings (SSSR count). The lowest BCUT2D eigenvalue weighted by atomic mass is 9.89. The highest BCUT2D eigenvalue weighted by Crippen LogP contribution is 2.49. The van der Waals surface area contributed by atoms with E-state index in [4.69, 9.17) is 4.74 Å². The standard InChI is InChI=1S/C23H23F3N2O3/c1-5-28(30)20-19(27-12-14-8-6-7-9-15(14)21(27)29)18-13(2)16(23(24,25)26)10-11-17(18)31-22(20,3)4/h6-11,30H,5,12H2,1-4H3. The molecule has 0 atom stereocenters. The first-order valence-electron chi connectivity index (χ1n) is 9.98. The van der Waals surface area contributed by atoms with Crippen LogP contribution in [-0.4, -0.2) is 33.2 Å². The van der Waals surface area contributed by atoms with Gasteiger partial charge in [0, 0.05) is 17.7 Å². The number of carbonyl (C=O) groups is 1. The molecule has 0 aromatic heterocycles. The Morgan fingerprint density at radius 3 is 2.48 bits per heavy atom. The molecule has 2 aliphatic heterocycles. The molecule has 0 saturated heterocycles. The number of fused-ring (bicyclic) bond motifs is 2. The minimum atomic E-state index is -4.57. The van der Waals surface area contributed by atoms with Crippen LogP contribution >= 0.6 is 0 Å². The maximum atomic E-state index is 13.7. The number of alkyl halides is 3. The third kappa shape index (κ3) is 3.26. The number of nitrogens with zero attached hydrogens (tertiary/aromatic N) is 2. The molecule has 164 valence electrons. The van der Waals surface area contributed by atoms with Crippen LogP contribution < -0.4 is 4.74 Å². The van der Waals surface area contributed by atoms with Crippen molar-refractivity contribution in [1.82, 2.24) is 9.96 Å². The van der Waals surface area contributed by atoms with Crippen LogP contribution in [0.2, 0.25) is 0 Å².